The summed E-state index contributed by atoms with van der Waals surface area (Å²) in [6, 6.07) is 14.1. The lowest BCUT2D eigenvalue weighted by atomic mass is 10.2. The van der Waals surface area contributed by atoms with E-state index in [0.717, 1.165) is 31.0 Å². The molecule has 0 radical (unpaired) electrons. The first-order valence-corrected chi connectivity index (χ1v) is 8.26. The maximum atomic E-state index is 6.13. The Morgan fingerprint density at radius 3 is 2.81 bits per heavy atom. The van der Waals surface area contributed by atoms with Crippen molar-refractivity contribution in [2.24, 2.45) is 5.73 Å². The van der Waals surface area contributed by atoms with E-state index >= 15 is 0 Å². The molecule has 0 bridgehead atoms. The average Bonchev–Trinajstić information content (AvgIpc) is 2.91. The normalized spacial score (nSPS) is 12.5. The van der Waals surface area contributed by atoms with Gasteiger partial charge < -0.3 is 10.5 Å². The third-order valence-corrected chi connectivity index (χ3v) is 4.93. The maximum absolute atomic E-state index is 6.13. The second kappa shape index (κ2) is 6.13. The van der Waals surface area contributed by atoms with Crippen LogP contribution in [-0.4, -0.2) is 11.5 Å². The van der Waals surface area contributed by atoms with Crippen molar-refractivity contribution in [2.75, 3.05) is 6.54 Å². The Hall–Kier alpha value is -1.43. The van der Waals surface area contributed by atoms with Crippen LogP contribution in [0.3, 0.4) is 0 Å². The van der Waals surface area contributed by atoms with Gasteiger partial charge in [0.1, 0.15) is 17.4 Å². The minimum atomic E-state index is -0.158. The quantitative estimate of drug-likeness (QED) is 0.745. The first-order valence-electron chi connectivity index (χ1n) is 6.65. The second-order valence-corrected chi connectivity index (χ2v) is 7.26. The van der Waals surface area contributed by atoms with Crippen LogP contribution < -0.4 is 10.5 Å². The smallest absolute Gasteiger partial charge is 0.146 e. The summed E-state index contributed by atoms with van der Waals surface area (Å²) in [5.41, 5.74) is 7.74. The largest absolute Gasteiger partial charge is 0.481 e. The highest BCUT2D eigenvalue weighted by Gasteiger charge is 2.15. The molecule has 21 heavy (non-hydrogen) atoms. The van der Waals surface area contributed by atoms with Gasteiger partial charge in [-0.25, -0.2) is 4.98 Å². The molecule has 108 valence electrons. The molecule has 1 atom stereocenters. The van der Waals surface area contributed by atoms with Crippen LogP contribution in [0.15, 0.2) is 46.3 Å². The number of para-hydroxylation sites is 1. The zero-order chi connectivity index (χ0) is 14.8. The first kappa shape index (κ1) is 14.5. The van der Waals surface area contributed by atoms with Gasteiger partial charge in [-0.15, -0.1) is 11.3 Å². The van der Waals surface area contributed by atoms with Crippen LogP contribution in [0.25, 0.3) is 10.9 Å². The lowest BCUT2D eigenvalue weighted by Crippen LogP contribution is -2.17. The van der Waals surface area contributed by atoms with Crippen molar-refractivity contribution in [1.29, 1.82) is 0 Å². The van der Waals surface area contributed by atoms with E-state index in [1.807, 2.05) is 43.3 Å². The highest BCUT2D eigenvalue weighted by atomic mass is 79.9. The summed E-state index contributed by atoms with van der Waals surface area (Å²) in [6.07, 6.45) is -0.158. The minimum absolute atomic E-state index is 0.158. The maximum Gasteiger partial charge on any atom is 0.146 e. The molecule has 2 heterocycles. The molecule has 1 unspecified atom stereocenters. The van der Waals surface area contributed by atoms with Crippen LogP contribution in [0.1, 0.15) is 16.7 Å². The van der Waals surface area contributed by atoms with Gasteiger partial charge in [0.15, 0.2) is 0 Å². The fourth-order valence-electron chi connectivity index (χ4n) is 2.19. The van der Waals surface area contributed by atoms with Crippen molar-refractivity contribution in [3.63, 3.8) is 0 Å². The minimum Gasteiger partial charge on any atom is -0.481 e. The van der Waals surface area contributed by atoms with Crippen molar-refractivity contribution in [3.05, 3.63) is 56.8 Å². The summed E-state index contributed by atoms with van der Waals surface area (Å²) in [6.45, 7) is 2.40. The van der Waals surface area contributed by atoms with Crippen LogP contribution in [0.4, 0.5) is 0 Å². The number of ether oxygens (including phenoxy) is 1. The molecule has 0 saturated carbocycles. The van der Waals surface area contributed by atoms with E-state index in [-0.39, 0.29) is 6.10 Å². The monoisotopic (exact) mass is 362 g/mol. The summed E-state index contributed by atoms with van der Waals surface area (Å²) in [7, 11) is 0. The van der Waals surface area contributed by atoms with Gasteiger partial charge in [0, 0.05) is 22.5 Å². The zero-order valence-electron chi connectivity index (χ0n) is 11.5. The number of halogens is 1. The van der Waals surface area contributed by atoms with Gasteiger partial charge in [0.25, 0.3) is 0 Å². The summed E-state index contributed by atoms with van der Waals surface area (Å²) in [5.74, 6) is 0.774. The average molecular weight is 363 g/mol. The van der Waals surface area contributed by atoms with Crippen LogP contribution in [0, 0.1) is 6.92 Å². The number of aryl methyl sites for hydroxylation is 1. The molecular weight excluding hydrogens is 348 g/mol. The fraction of sp³-hybridized carbons (Fsp3) is 0.188. The van der Waals surface area contributed by atoms with Gasteiger partial charge in [-0.1, -0.05) is 18.2 Å². The molecule has 0 aliphatic heterocycles. The van der Waals surface area contributed by atoms with E-state index in [1.54, 1.807) is 11.3 Å². The van der Waals surface area contributed by atoms with Gasteiger partial charge in [0.05, 0.1) is 3.79 Å². The third-order valence-electron chi connectivity index (χ3n) is 3.22. The topological polar surface area (TPSA) is 48.1 Å². The van der Waals surface area contributed by atoms with E-state index in [9.17, 15) is 0 Å². The Balaban J connectivity index is 1.98. The van der Waals surface area contributed by atoms with E-state index in [4.69, 9.17) is 10.5 Å². The van der Waals surface area contributed by atoms with Crippen molar-refractivity contribution in [1.82, 2.24) is 4.98 Å². The van der Waals surface area contributed by atoms with Crippen LogP contribution in [0.2, 0.25) is 0 Å². The molecule has 3 aromatic rings. The Morgan fingerprint density at radius 1 is 1.24 bits per heavy atom. The number of fused-ring (bicyclic) bond motifs is 1. The van der Waals surface area contributed by atoms with Gasteiger partial charge in [0.2, 0.25) is 0 Å². The van der Waals surface area contributed by atoms with Crippen LogP contribution in [0.5, 0.6) is 5.75 Å². The predicted molar refractivity (Wildman–Crippen MR) is 90.9 cm³/mol. The van der Waals surface area contributed by atoms with E-state index in [0.29, 0.717) is 6.54 Å². The van der Waals surface area contributed by atoms with Crippen LogP contribution >= 0.6 is 27.3 Å². The molecule has 2 aromatic heterocycles. The number of thiophene rings is 1. The van der Waals surface area contributed by atoms with Gasteiger partial charge in [-0.05, 0) is 47.1 Å². The van der Waals surface area contributed by atoms with Crippen LogP contribution in [-0.2, 0) is 0 Å². The van der Waals surface area contributed by atoms with Gasteiger partial charge in [-0.3, -0.25) is 0 Å². The third kappa shape index (κ3) is 3.10. The Labute approximate surface area is 135 Å². The van der Waals surface area contributed by atoms with Crippen molar-refractivity contribution < 1.29 is 4.74 Å². The predicted octanol–water partition coefficient (Wildman–Crippen LogP) is 4.45. The number of nitrogens with two attached hydrogens (primary N) is 1. The molecule has 0 spiro atoms. The SMILES string of the molecule is Cc1ccc2cccc(OC(CN)c3ccc(Br)s3)c2n1. The lowest BCUT2D eigenvalue weighted by Gasteiger charge is -2.17. The van der Waals surface area contributed by atoms with E-state index in [2.05, 4.69) is 27.0 Å². The highest BCUT2D eigenvalue weighted by molar-refractivity contribution is 9.11. The molecule has 0 aliphatic carbocycles. The number of aromatic nitrogens is 1. The molecule has 0 saturated heterocycles. The lowest BCUT2D eigenvalue weighted by molar-refractivity contribution is 0.220. The summed E-state index contributed by atoms with van der Waals surface area (Å²) < 4.78 is 7.21. The summed E-state index contributed by atoms with van der Waals surface area (Å²) in [5, 5.41) is 1.07. The van der Waals surface area contributed by atoms with Gasteiger partial charge >= 0.3 is 0 Å². The Bertz CT molecular complexity index is 772. The highest BCUT2D eigenvalue weighted by Crippen LogP contribution is 2.32. The number of hydrogen-bond acceptors (Lipinski definition) is 4. The second-order valence-electron chi connectivity index (χ2n) is 4.76. The number of nitrogens with zero attached hydrogens (tertiary/aromatic N) is 1. The van der Waals surface area contributed by atoms with Crippen molar-refractivity contribution >= 4 is 38.2 Å². The van der Waals surface area contributed by atoms with Gasteiger partial charge in [-0.2, -0.15) is 0 Å². The van der Waals surface area contributed by atoms with Crippen molar-refractivity contribution in [3.8, 4) is 5.75 Å². The molecule has 1 aromatic carbocycles. The molecule has 0 amide bonds. The zero-order valence-corrected chi connectivity index (χ0v) is 13.9. The van der Waals surface area contributed by atoms with Crippen molar-refractivity contribution in [2.45, 2.75) is 13.0 Å². The molecule has 0 aliphatic rings. The molecule has 5 heteroatoms. The van der Waals surface area contributed by atoms with E-state index < -0.39 is 0 Å². The number of rotatable bonds is 4. The fourth-order valence-corrected chi connectivity index (χ4v) is 3.66. The first-order chi connectivity index (χ1) is 10.2. The molecule has 0 fully saturated rings. The molecule has 3 rings (SSSR count). The Kier molecular flexibility index (Phi) is 4.24. The molecule has 3 nitrogen and oxygen atoms in total. The summed E-state index contributed by atoms with van der Waals surface area (Å²) >= 11 is 5.11. The Morgan fingerprint density at radius 2 is 2.10 bits per heavy atom. The summed E-state index contributed by atoms with van der Waals surface area (Å²) in [4.78, 5) is 5.70. The number of benzene rings is 1. The van der Waals surface area contributed by atoms with E-state index in [1.165, 1.54) is 0 Å². The number of hydrogen-bond donors (Lipinski definition) is 1. The molecule has 2 N–H and O–H groups in total. The number of pyridine rings is 1. The molecular formula is C16H15BrN2OS. The standard InChI is InChI=1S/C16H15BrN2OS/c1-10-5-6-11-3-2-4-12(16(11)19-10)20-13(9-18)14-7-8-15(17)21-14/h2-8,13H,9,18H2,1H3.